The fourth-order valence-electron chi connectivity index (χ4n) is 4.78. The molecule has 2 aromatic rings. The van der Waals surface area contributed by atoms with Gasteiger partial charge >= 0.3 is 18.1 Å². The number of benzene rings is 2. The van der Waals surface area contributed by atoms with Crippen LogP contribution in [0.15, 0.2) is 66.5 Å². The molecular weight excluding hydrogens is 520 g/mol. The molecule has 0 aromatic heterocycles. The van der Waals surface area contributed by atoms with Crippen molar-refractivity contribution in [3.63, 3.8) is 0 Å². The van der Waals surface area contributed by atoms with Crippen LogP contribution >= 0.6 is 0 Å². The molecule has 2 aromatic carbocycles. The van der Waals surface area contributed by atoms with Crippen molar-refractivity contribution >= 4 is 11.9 Å². The topological polar surface area (TPSA) is 93.1 Å². The smallest absolute Gasteiger partial charge is 0.419 e. The molecule has 0 bridgehead atoms. The maximum Gasteiger partial charge on any atom is 0.419 e. The van der Waals surface area contributed by atoms with Gasteiger partial charge in [-0.05, 0) is 63.0 Å². The van der Waals surface area contributed by atoms with Crippen LogP contribution in [0.25, 0.3) is 0 Å². The summed E-state index contributed by atoms with van der Waals surface area (Å²) in [6.07, 6.45) is -0.589. The van der Waals surface area contributed by atoms with Crippen LogP contribution in [0.2, 0.25) is 0 Å². The Hall–Kier alpha value is -3.66. The van der Waals surface area contributed by atoms with E-state index < -0.39 is 70.0 Å². The summed E-state index contributed by atoms with van der Waals surface area (Å²) in [4.78, 5) is 25.2. The number of hydrogen-bond donors (Lipinski definition) is 2. The number of phenolic OH excluding ortho intramolecular Hbond substituents is 1. The predicted octanol–water partition coefficient (Wildman–Crippen LogP) is 6.69. The molecule has 2 N–H and O–H groups in total. The molecule has 0 radical (unpaired) electrons. The Bertz CT molecular complexity index is 1340. The molecule has 0 amide bonds. The predicted molar refractivity (Wildman–Crippen MR) is 133 cm³/mol. The second-order valence-electron chi connectivity index (χ2n) is 10.7. The first-order chi connectivity index (χ1) is 18.1. The minimum absolute atomic E-state index is 0.0983. The number of carbonyl (C=O) groups is 2. The molecule has 2 aliphatic carbocycles. The standard InChI is InChI=1S/C29H28F4O6/c1-26(2,3)39-24(35)22-19(9-10-20(23(22)34)29(31,32)33)16-38-28(27(13-14-27)25(36)37)12-11-18(15-21(28)30)17-7-5-4-6-8-17/h4-12,15,18,34H,13-14,16H2,1-3H3,(H,36,37). The van der Waals surface area contributed by atoms with Crippen LogP contribution in [0.5, 0.6) is 5.75 Å². The molecular formula is C29H28F4O6. The Morgan fingerprint density at radius 3 is 2.21 bits per heavy atom. The van der Waals surface area contributed by atoms with E-state index in [2.05, 4.69) is 0 Å². The lowest BCUT2D eigenvalue weighted by atomic mass is 9.76. The Kier molecular flexibility index (Phi) is 7.14. The molecule has 1 fully saturated rings. The van der Waals surface area contributed by atoms with E-state index in [4.69, 9.17) is 9.47 Å². The third kappa shape index (κ3) is 5.30. The quantitative estimate of drug-likeness (QED) is 0.227. The minimum atomic E-state index is -4.98. The van der Waals surface area contributed by atoms with Crippen LogP contribution in [0.1, 0.15) is 66.6 Å². The summed E-state index contributed by atoms with van der Waals surface area (Å²) in [6, 6.07) is 10.4. The summed E-state index contributed by atoms with van der Waals surface area (Å²) in [6.45, 7) is 3.82. The first-order valence-corrected chi connectivity index (χ1v) is 12.3. The van der Waals surface area contributed by atoms with E-state index in [9.17, 15) is 33.0 Å². The van der Waals surface area contributed by atoms with Crippen molar-refractivity contribution in [3.05, 3.63) is 88.8 Å². The van der Waals surface area contributed by atoms with Crippen LogP contribution in [0.4, 0.5) is 17.6 Å². The molecule has 6 nitrogen and oxygen atoms in total. The lowest BCUT2D eigenvalue weighted by Crippen LogP contribution is -2.47. The van der Waals surface area contributed by atoms with E-state index in [-0.39, 0.29) is 18.4 Å². The van der Waals surface area contributed by atoms with Gasteiger partial charge in [-0.1, -0.05) is 42.5 Å². The largest absolute Gasteiger partial charge is 0.506 e. The van der Waals surface area contributed by atoms with Gasteiger partial charge in [0.1, 0.15) is 28.2 Å². The fraction of sp³-hybridized carbons (Fsp3) is 0.379. The van der Waals surface area contributed by atoms with Gasteiger partial charge in [0, 0.05) is 5.92 Å². The molecule has 0 spiro atoms. The summed E-state index contributed by atoms with van der Waals surface area (Å²) in [7, 11) is 0. The second-order valence-corrected chi connectivity index (χ2v) is 10.7. The first-order valence-electron chi connectivity index (χ1n) is 12.3. The van der Waals surface area contributed by atoms with E-state index in [1.54, 1.807) is 36.4 Å². The lowest BCUT2D eigenvalue weighted by molar-refractivity contribution is -0.156. The van der Waals surface area contributed by atoms with Crippen molar-refractivity contribution in [2.45, 2.75) is 63.5 Å². The van der Waals surface area contributed by atoms with Gasteiger partial charge in [0.15, 0.2) is 5.60 Å². The number of hydrogen-bond acceptors (Lipinski definition) is 5. The maximum atomic E-state index is 16.0. The number of rotatable bonds is 7. The summed E-state index contributed by atoms with van der Waals surface area (Å²) in [5.74, 6) is -5.26. The molecule has 0 saturated heterocycles. The zero-order chi connectivity index (χ0) is 28.8. The molecule has 0 heterocycles. The van der Waals surface area contributed by atoms with Gasteiger partial charge in [-0.2, -0.15) is 13.2 Å². The molecule has 4 rings (SSSR count). The number of carboxylic acids is 1. The fourth-order valence-corrected chi connectivity index (χ4v) is 4.78. The summed E-state index contributed by atoms with van der Waals surface area (Å²) >= 11 is 0. The van der Waals surface area contributed by atoms with Crippen LogP contribution in [-0.4, -0.2) is 33.4 Å². The van der Waals surface area contributed by atoms with E-state index in [0.29, 0.717) is 6.07 Å². The molecule has 208 valence electrons. The van der Waals surface area contributed by atoms with Crippen molar-refractivity contribution < 1.29 is 46.8 Å². The molecule has 2 atom stereocenters. The maximum absolute atomic E-state index is 16.0. The SMILES string of the molecule is CC(C)(C)OC(=O)c1c(COC2(C3(C(=O)O)CC3)C=CC(c3ccccc3)C=C2F)ccc(C(F)(F)F)c1O. The molecule has 39 heavy (non-hydrogen) atoms. The van der Waals surface area contributed by atoms with E-state index >= 15 is 4.39 Å². The molecule has 2 aliphatic rings. The Balaban J connectivity index is 1.75. The number of esters is 1. The zero-order valence-corrected chi connectivity index (χ0v) is 21.5. The average Bonchev–Trinajstić information content (AvgIpc) is 3.65. The van der Waals surface area contributed by atoms with Gasteiger partial charge in [0.05, 0.1) is 12.2 Å². The van der Waals surface area contributed by atoms with E-state index in [1.807, 2.05) is 0 Å². The lowest BCUT2D eigenvalue weighted by Gasteiger charge is -2.38. The third-order valence-electron chi connectivity index (χ3n) is 6.90. The molecule has 1 saturated carbocycles. The van der Waals surface area contributed by atoms with Crippen LogP contribution in [0.3, 0.4) is 0 Å². The van der Waals surface area contributed by atoms with Gasteiger partial charge in [-0.3, -0.25) is 4.79 Å². The van der Waals surface area contributed by atoms with Crippen molar-refractivity contribution in [2.24, 2.45) is 5.41 Å². The van der Waals surface area contributed by atoms with Crippen LogP contribution < -0.4 is 0 Å². The highest BCUT2D eigenvalue weighted by molar-refractivity contribution is 5.95. The Labute approximate surface area is 222 Å². The Morgan fingerprint density at radius 2 is 1.69 bits per heavy atom. The van der Waals surface area contributed by atoms with Crippen molar-refractivity contribution in [2.75, 3.05) is 0 Å². The highest BCUT2D eigenvalue weighted by atomic mass is 19.4. The monoisotopic (exact) mass is 548 g/mol. The summed E-state index contributed by atoms with van der Waals surface area (Å²) in [5.41, 5.74) is -6.54. The minimum Gasteiger partial charge on any atom is -0.506 e. The number of aromatic hydroxyl groups is 1. The number of carboxylic acid groups (broad SMARTS) is 1. The number of alkyl halides is 3. The Morgan fingerprint density at radius 1 is 1.05 bits per heavy atom. The number of carbonyl (C=O) groups excluding carboxylic acids is 1. The summed E-state index contributed by atoms with van der Waals surface area (Å²) in [5, 5.41) is 20.5. The van der Waals surface area contributed by atoms with E-state index in [0.717, 1.165) is 11.6 Å². The van der Waals surface area contributed by atoms with Gasteiger partial charge in [-0.15, -0.1) is 0 Å². The number of phenols is 1. The van der Waals surface area contributed by atoms with E-state index in [1.165, 1.54) is 32.9 Å². The normalized spacial score (nSPS) is 22.2. The van der Waals surface area contributed by atoms with Crippen molar-refractivity contribution in [1.82, 2.24) is 0 Å². The van der Waals surface area contributed by atoms with Gasteiger partial charge in [0.25, 0.3) is 0 Å². The second kappa shape index (κ2) is 9.82. The first kappa shape index (κ1) is 28.4. The van der Waals surface area contributed by atoms with Crippen LogP contribution in [-0.2, 0) is 27.1 Å². The summed E-state index contributed by atoms with van der Waals surface area (Å²) < 4.78 is 67.6. The molecule has 10 heteroatoms. The number of halogens is 4. The number of ether oxygens (including phenoxy) is 2. The van der Waals surface area contributed by atoms with Gasteiger partial charge < -0.3 is 19.7 Å². The zero-order valence-electron chi connectivity index (χ0n) is 21.5. The highest BCUT2D eigenvalue weighted by Crippen LogP contribution is 2.61. The molecule has 0 aliphatic heterocycles. The number of aliphatic carboxylic acids is 1. The number of allylic oxidation sites excluding steroid dienone is 2. The van der Waals surface area contributed by atoms with Crippen molar-refractivity contribution in [3.8, 4) is 5.75 Å². The van der Waals surface area contributed by atoms with Crippen molar-refractivity contribution in [1.29, 1.82) is 0 Å². The average molecular weight is 549 g/mol. The third-order valence-corrected chi connectivity index (χ3v) is 6.90. The molecule has 2 unspecified atom stereocenters. The van der Waals surface area contributed by atoms with Crippen LogP contribution in [0, 0.1) is 5.41 Å². The van der Waals surface area contributed by atoms with Gasteiger partial charge in [-0.25, -0.2) is 9.18 Å². The van der Waals surface area contributed by atoms with Gasteiger partial charge in [0.2, 0.25) is 0 Å². The highest BCUT2D eigenvalue weighted by Gasteiger charge is 2.67.